The van der Waals surface area contributed by atoms with Gasteiger partial charge in [0.05, 0.1) is 24.2 Å². The molecule has 1 aliphatic rings. The molecule has 1 aliphatic heterocycles. The van der Waals surface area contributed by atoms with E-state index in [1.807, 2.05) is 18.2 Å². The number of unbranched alkanes of at least 4 members (excludes halogenated alkanes) is 10. The van der Waals surface area contributed by atoms with Crippen LogP contribution in [0.5, 0.6) is 11.5 Å². The van der Waals surface area contributed by atoms with Crippen molar-refractivity contribution in [3.05, 3.63) is 47.5 Å². The lowest BCUT2D eigenvalue weighted by Gasteiger charge is -2.32. The Kier molecular flexibility index (Phi) is 25.8. The summed E-state index contributed by atoms with van der Waals surface area (Å²) in [5.41, 5.74) is 7.32. The molecule has 2 aromatic rings. The van der Waals surface area contributed by atoms with Crippen molar-refractivity contribution < 1.29 is 43.0 Å². The molecule has 4 amide bonds. The van der Waals surface area contributed by atoms with Crippen LogP contribution in [0.25, 0.3) is 11.1 Å². The van der Waals surface area contributed by atoms with E-state index in [9.17, 15) is 38.8 Å². The van der Waals surface area contributed by atoms with Gasteiger partial charge in [-0.05, 0) is 61.2 Å². The highest BCUT2D eigenvalue weighted by atomic mass is 16.5. The molecule has 4 atom stereocenters. The lowest BCUT2D eigenvalue weighted by Crippen LogP contribution is -2.46. The van der Waals surface area contributed by atoms with Crippen LogP contribution in [0.4, 0.5) is 0 Å². The van der Waals surface area contributed by atoms with E-state index in [0.29, 0.717) is 18.4 Å². The van der Waals surface area contributed by atoms with Crippen molar-refractivity contribution >= 4 is 41.0 Å². The van der Waals surface area contributed by atoms with Gasteiger partial charge in [-0.15, -0.1) is 0 Å². The quantitative estimate of drug-likeness (QED) is 0.0537. The second-order valence-corrected chi connectivity index (χ2v) is 17.6. The highest BCUT2D eigenvalue weighted by molar-refractivity contribution is 5.96. The van der Waals surface area contributed by atoms with Gasteiger partial charge >= 0.3 is 0 Å². The van der Waals surface area contributed by atoms with Crippen molar-refractivity contribution in [3.63, 3.8) is 0 Å². The molecule has 1 heterocycles. The third-order valence-corrected chi connectivity index (χ3v) is 12.1. The molecule has 3 rings (SSSR count). The van der Waals surface area contributed by atoms with Crippen molar-refractivity contribution in [2.45, 2.75) is 142 Å². The average Bonchev–Trinajstić information content (AvgIpc) is 3.34. The molecular formula is C52H70N8O9. The number of Topliss-reactive ketones (excluding diaryl/α,β-unsaturated/α-hetero) is 3. The number of nitriles is 3. The van der Waals surface area contributed by atoms with Crippen LogP contribution in [0.3, 0.4) is 0 Å². The molecule has 0 saturated carbocycles. The molecule has 69 heavy (non-hydrogen) atoms. The van der Waals surface area contributed by atoms with Gasteiger partial charge in [0.2, 0.25) is 11.8 Å². The van der Waals surface area contributed by atoms with E-state index in [2.05, 4.69) is 22.9 Å². The largest absolute Gasteiger partial charge is 0.483 e. The first-order valence-corrected chi connectivity index (χ1v) is 24.3. The van der Waals surface area contributed by atoms with E-state index in [4.69, 9.17) is 25.7 Å². The lowest BCUT2D eigenvalue weighted by molar-refractivity contribution is -0.143. The van der Waals surface area contributed by atoms with Crippen LogP contribution in [0.1, 0.15) is 140 Å². The third kappa shape index (κ3) is 19.5. The summed E-state index contributed by atoms with van der Waals surface area (Å²) in [5, 5.41) is 34.9. The van der Waals surface area contributed by atoms with Gasteiger partial charge in [0, 0.05) is 62.1 Å². The smallest absolute Gasteiger partial charge is 0.258 e. The standard InChI is InChI=1S/C52H70N8O9/c1-4-5-6-7-8-9-10-11-12-13-14-16-40(61)32-39(22-24-54)52(67)60(3)50-38-19-21-47(69-35-49(65)58-28-26-56)42(33-38)41-30-37(18-20-46(41)68-34-48(64)57-27-25-55)31-43(44(62)17-15-23-53)59-51(66)36(2)29-45(50)63/h18-21,30,33,36,39,43,50H,4-17,22,24,27-29,31-32,34-35,54H2,1-3H3,(H,57,64)(H,58,65)(H,59,66)/t36-,39-,43+,50+/m1/s1. The maximum Gasteiger partial charge on any atom is 0.258 e. The Morgan fingerprint density at radius 2 is 1.35 bits per heavy atom. The Bertz CT molecular complexity index is 2190. The highest BCUT2D eigenvalue weighted by Crippen LogP contribution is 2.41. The molecule has 4 bridgehead atoms. The molecule has 0 aromatic heterocycles. The second kappa shape index (κ2) is 31.4. The number of nitrogens with one attached hydrogen (secondary N) is 3. The molecule has 2 aromatic carbocycles. The zero-order chi connectivity index (χ0) is 50.6. The van der Waals surface area contributed by atoms with Crippen LogP contribution in [-0.2, 0) is 40.0 Å². The zero-order valence-electron chi connectivity index (χ0n) is 40.6. The van der Waals surface area contributed by atoms with E-state index < -0.39 is 72.3 Å². The molecule has 17 heteroatoms. The summed E-state index contributed by atoms with van der Waals surface area (Å²) in [4.78, 5) is 96.7. The molecule has 0 saturated heterocycles. The van der Waals surface area contributed by atoms with Gasteiger partial charge in [0.15, 0.2) is 24.8 Å². The van der Waals surface area contributed by atoms with Crippen LogP contribution in [0.2, 0.25) is 0 Å². The number of benzene rings is 2. The fourth-order valence-corrected chi connectivity index (χ4v) is 8.33. The van der Waals surface area contributed by atoms with E-state index >= 15 is 0 Å². The van der Waals surface area contributed by atoms with Crippen molar-refractivity contribution in [1.29, 1.82) is 15.8 Å². The number of carbonyl (C=O) groups excluding carboxylic acids is 7. The van der Waals surface area contributed by atoms with Gasteiger partial charge in [-0.1, -0.05) is 90.2 Å². The normalized spacial score (nSPS) is 16.0. The third-order valence-electron chi connectivity index (χ3n) is 12.1. The Balaban J connectivity index is 2.10. The number of amides is 4. The summed E-state index contributed by atoms with van der Waals surface area (Å²) in [6.07, 6.45) is 12.2. The first-order valence-electron chi connectivity index (χ1n) is 24.3. The monoisotopic (exact) mass is 951 g/mol. The number of likely N-dealkylation sites (N-methyl/N-ethyl adjacent to an activating group) is 1. The molecule has 0 spiro atoms. The molecule has 0 fully saturated rings. The molecular weight excluding hydrogens is 881 g/mol. The molecule has 5 N–H and O–H groups in total. The van der Waals surface area contributed by atoms with Crippen LogP contribution >= 0.6 is 0 Å². The maximum absolute atomic E-state index is 14.7. The number of nitrogens with zero attached hydrogens (tertiary/aromatic N) is 4. The Hall–Kier alpha value is -6.64. The summed E-state index contributed by atoms with van der Waals surface area (Å²) < 4.78 is 12.0. The molecule has 0 aliphatic carbocycles. The fourth-order valence-electron chi connectivity index (χ4n) is 8.33. The summed E-state index contributed by atoms with van der Waals surface area (Å²) in [7, 11) is 1.46. The Morgan fingerprint density at radius 1 is 0.783 bits per heavy atom. The number of ketones is 3. The van der Waals surface area contributed by atoms with E-state index in [-0.39, 0.29) is 92.1 Å². The maximum atomic E-state index is 14.7. The van der Waals surface area contributed by atoms with Gasteiger partial charge in [-0.25, -0.2) is 0 Å². The van der Waals surface area contributed by atoms with E-state index in [1.165, 1.54) is 75.9 Å². The van der Waals surface area contributed by atoms with Gasteiger partial charge in [0.1, 0.15) is 36.4 Å². The molecule has 0 unspecified atom stereocenters. The minimum Gasteiger partial charge on any atom is -0.483 e. The van der Waals surface area contributed by atoms with Crippen molar-refractivity contribution in [2.24, 2.45) is 17.6 Å². The summed E-state index contributed by atoms with van der Waals surface area (Å²) in [6, 6.07) is 12.6. The zero-order valence-corrected chi connectivity index (χ0v) is 40.6. The molecule has 372 valence electrons. The van der Waals surface area contributed by atoms with Gasteiger partial charge < -0.3 is 36.1 Å². The van der Waals surface area contributed by atoms with Crippen LogP contribution in [0, 0.1) is 45.8 Å². The van der Waals surface area contributed by atoms with E-state index in [1.54, 1.807) is 24.3 Å². The SMILES string of the molecule is CCCCCCCCCCCCCC(=O)C[C@@H](CCN)C(=O)N(C)[C@@H]1C(=O)C[C@@H](C)C(=O)N[C@H](C(=O)CCC#N)Cc2ccc(OCC(=O)NCC#N)c(c2)-c2cc1ccc2OCC(=O)NCC#N. The lowest BCUT2D eigenvalue weighted by atomic mass is 9.88. The number of carbonyl (C=O) groups is 7. The van der Waals surface area contributed by atoms with E-state index in [0.717, 1.165) is 19.3 Å². The first-order chi connectivity index (χ1) is 33.3. The average molecular weight is 951 g/mol. The number of ether oxygens (including phenoxy) is 2. The minimum atomic E-state index is -1.33. The summed E-state index contributed by atoms with van der Waals surface area (Å²) in [5.74, 6) is -4.96. The number of nitrogens with two attached hydrogens (primary N) is 1. The summed E-state index contributed by atoms with van der Waals surface area (Å²) >= 11 is 0. The molecule has 17 nitrogen and oxygen atoms in total. The highest BCUT2D eigenvalue weighted by Gasteiger charge is 2.36. The second-order valence-electron chi connectivity index (χ2n) is 17.6. The van der Waals surface area contributed by atoms with Gasteiger partial charge in [0.25, 0.3) is 11.8 Å². The number of hydrogen-bond donors (Lipinski definition) is 4. The van der Waals surface area contributed by atoms with Gasteiger partial charge in [-0.3, -0.25) is 33.6 Å². The van der Waals surface area contributed by atoms with Crippen LogP contribution in [-0.4, -0.2) is 91.8 Å². The summed E-state index contributed by atoms with van der Waals surface area (Å²) in [6.45, 7) is 2.25. The van der Waals surface area contributed by atoms with Crippen LogP contribution < -0.4 is 31.2 Å². The number of rotatable bonds is 29. The van der Waals surface area contributed by atoms with Crippen LogP contribution in [0.15, 0.2) is 36.4 Å². The fraction of sp³-hybridized carbons (Fsp3) is 0.577. The topological polar surface area (TPSA) is 275 Å². The predicted octanol–water partition coefficient (Wildman–Crippen LogP) is 6.02. The predicted molar refractivity (Wildman–Crippen MR) is 258 cm³/mol. The number of fused-ring (bicyclic) bond motifs is 5. The van der Waals surface area contributed by atoms with Crippen molar-refractivity contribution in [1.82, 2.24) is 20.9 Å². The van der Waals surface area contributed by atoms with Crippen molar-refractivity contribution in [2.75, 3.05) is 39.9 Å². The molecule has 0 radical (unpaired) electrons. The Morgan fingerprint density at radius 3 is 1.91 bits per heavy atom. The van der Waals surface area contributed by atoms with Crippen molar-refractivity contribution in [3.8, 4) is 40.8 Å². The minimum absolute atomic E-state index is 0.0422. The Labute approximate surface area is 406 Å². The van der Waals surface area contributed by atoms with Gasteiger partial charge in [-0.2, -0.15) is 15.8 Å². The first kappa shape index (κ1) is 56.7. The number of hydrogen-bond acceptors (Lipinski definition) is 13.